The van der Waals surface area contributed by atoms with Crippen molar-refractivity contribution in [3.8, 4) is 11.5 Å². The maximum atomic E-state index is 11.4. The highest BCUT2D eigenvalue weighted by atomic mass is 16.6. The number of nitrogens with zero attached hydrogens (tertiary/aromatic N) is 4. The van der Waals surface area contributed by atoms with Crippen LogP contribution in [0.25, 0.3) is 0 Å². The third kappa shape index (κ3) is 3.85. The predicted molar refractivity (Wildman–Crippen MR) is 97.9 cm³/mol. The van der Waals surface area contributed by atoms with Crippen LogP contribution in [0.5, 0.6) is 11.5 Å². The molecule has 2 aromatic rings. The predicted octanol–water partition coefficient (Wildman–Crippen LogP) is 2.33. The van der Waals surface area contributed by atoms with Gasteiger partial charge < -0.3 is 14.4 Å². The van der Waals surface area contributed by atoms with Crippen LogP contribution in [0.4, 0.5) is 11.5 Å². The second-order valence-corrected chi connectivity index (χ2v) is 6.04. The fourth-order valence-corrected chi connectivity index (χ4v) is 3.12. The Morgan fingerprint density at radius 3 is 2.38 bits per heavy atom. The van der Waals surface area contributed by atoms with Crippen LogP contribution in [0, 0.1) is 10.1 Å². The molecule has 26 heavy (non-hydrogen) atoms. The lowest BCUT2D eigenvalue weighted by atomic mass is 10.1. The molecule has 1 aliphatic rings. The Bertz CT molecular complexity index is 761. The molecule has 0 radical (unpaired) electrons. The van der Waals surface area contributed by atoms with Crippen molar-refractivity contribution in [1.29, 1.82) is 0 Å². The van der Waals surface area contributed by atoms with Crippen molar-refractivity contribution in [2.24, 2.45) is 0 Å². The monoisotopic (exact) mass is 358 g/mol. The minimum atomic E-state index is -0.374. The minimum absolute atomic E-state index is 0.0507. The van der Waals surface area contributed by atoms with E-state index in [2.05, 4.69) is 14.8 Å². The van der Waals surface area contributed by atoms with Crippen LogP contribution in [0.2, 0.25) is 0 Å². The van der Waals surface area contributed by atoms with E-state index in [0.29, 0.717) is 23.6 Å². The molecule has 1 aliphatic heterocycles. The van der Waals surface area contributed by atoms with Gasteiger partial charge in [-0.25, -0.2) is 4.98 Å². The van der Waals surface area contributed by atoms with E-state index in [4.69, 9.17) is 9.47 Å². The maximum Gasteiger partial charge on any atom is 0.277 e. The van der Waals surface area contributed by atoms with Crippen molar-refractivity contribution < 1.29 is 14.4 Å². The number of anilines is 1. The molecule has 2 heterocycles. The third-order valence-electron chi connectivity index (χ3n) is 4.52. The summed E-state index contributed by atoms with van der Waals surface area (Å²) < 4.78 is 10.5. The van der Waals surface area contributed by atoms with E-state index < -0.39 is 0 Å². The average Bonchev–Trinajstić information content (AvgIpc) is 2.68. The normalized spacial score (nSPS) is 14.9. The van der Waals surface area contributed by atoms with Gasteiger partial charge in [0, 0.05) is 44.5 Å². The summed E-state index contributed by atoms with van der Waals surface area (Å²) in [6, 6.07) is 8.99. The molecule has 0 aliphatic carbocycles. The first kappa shape index (κ1) is 17.9. The van der Waals surface area contributed by atoms with Crippen LogP contribution in [-0.2, 0) is 6.54 Å². The summed E-state index contributed by atoms with van der Waals surface area (Å²) in [6.45, 7) is 3.77. The van der Waals surface area contributed by atoms with E-state index in [0.717, 1.165) is 32.0 Å². The number of aromatic nitrogens is 1. The van der Waals surface area contributed by atoms with Crippen molar-refractivity contribution in [3.63, 3.8) is 0 Å². The molecular weight excluding hydrogens is 336 g/mol. The molecule has 1 saturated heterocycles. The second kappa shape index (κ2) is 8.01. The molecule has 0 saturated carbocycles. The summed E-state index contributed by atoms with van der Waals surface area (Å²) in [4.78, 5) is 19.9. The summed E-state index contributed by atoms with van der Waals surface area (Å²) in [5, 5.41) is 11.4. The molecule has 1 aromatic carbocycles. The first-order chi connectivity index (χ1) is 12.6. The number of pyridine rings is 1. The Labute approximate surface area is 152 Å². The molecule has 3 rings (SSSR count). The standard InChI is InChI=1S/C18H22N4O4/c1-25-16-11-14(15(22(23)24)12-17(16)26-2)13-20-7-9-21(10-8-20)18-5-3-4-6-19-18/h3-6,11-12H,7-10,13H2,1-2H3. The number of methoxy groups -OCH3 is 2. The number of rotatable bonds is 6. The van der Waals surface area contributed by atoms with Gasteiger partial charge in [0.15, 0.2) is 11.5 Å². The number of nitro groups is 1. The van der Waals surface area contributed by atoms with Gasteiger partial charge >= 0.3 is 0 Å². The first-order valence-corrected chi connectivity index (χ1v) is 8.40. The quantitative estimate of drug-likeness (QED) is 0.579. The van der Waals surface area contributed by atoms with Crippen LogP contribution >= 0.6 is 0 Å². The Morgan fingerprint density at radius 1 is 1.12 bits per heavy atom. The van der Waals surface area contributed by atoms with Crippen molar-refractivity contribution in [3.05, 3.63) is 52.2 Å². The fraction of sp³-hybridized carbons (Fsp3) is 0.389. The van der Waals surface area contributed by atoms with Crippen LogP contribution < -0.4 is 14.4 Å². The molecule has 0 atom stereocenters. The molecule has 0 bridgehead atoms. The minimum Gasteiger partial charge on any atom is -0.493 e. The Morgan fingerprint density at radius 2 is 1.81 bits per heavy atom. The number of nitro benzene ring substituents is 1. The first-order valence-electron chi connectivity index (χ1n) is 8.40. The Kier molecular flexibility index (Phi) is 5.52. The van der Waals surface area contributed by atoms with E-state index >= 15 is 0 Å². The van der Waals surface area contributed by atoms with Crippen LogP contribution in [0.1, 0.15) is 5.56 Å². The zero-order valence-corrected chi connectivity index (χ0v) is 14.9. The largest absolute Gasteiger partial charge is 0.493 e. The topological polar surface area (TPSA) is 81.0 Å². The van der Waals surface area contributed by atoms with E-state index in [-0.39, 0.29) is 10.6 Å². The molecule has 0 spiro atoms. The number of hydrogen-bond acceptors (Lipinski definition) is 7. The lowest BCUT2D eigenvalue weighted by molar-refractivity contribution is -0.385. The van der Waals surface area contributed by atoms with Gasteiger partial charge in [-0.15, -0.1) is 0 Å². The smallest absolute Gasteiger partial charge is 0.277 e. The number of hydrogen-bond donors (Lipinski definition) is 0. The summed E-state index contributed by atoms with van der Waals surface area (Å²) >= 11 is 0. The number of piperazine rings is 1. The van der Waals surface area contributed by atoms with Crippen molar-refractivity contribution >= 4 is 11.5 Å². The lowest BCUT2D eigenvalue weighted by Crippen LogP contribution is -2.46. The van der Waals surface area contributed by atoms with Gasteiger partial charge in [-0.3, -0.25) is 15.0 Å². The van der Waals surface area contributed by atoms with Crippen molar-refractivity contribution in [1.82, 2.24) is 9.88 Å². The van der Waals surface area contributed by atoms with E-state index in [9.17, 15) is 10.1 Å². The molecule has 8 nitrogen and oxygen atoms in total. The molecule has 0 unspecified atom stereocenters. The van der Waals surface area contributed by atoms with Gasteiger partial charge in [-0.1, -0.05) is 6.07 Å². The Hall–Kier alpha value is -2.87. The number of benzene rings is 1. The van der Waals surface area contributed by atoms with Gasteiger partial charge in [-0.2, -0.15) is 0 Å². The molecule has 0 N–H and O–H groups in total. The SMILES string of the molecule is COc1cc(CN2CCN(c3ccccn3)CC2)c([N+](=O)[O-])cc1OC. The maximum absolute atomic E-state index is 11.4. The Balaban J connectivity index is 1.72. The van der Waals surface area contributed by atoms with Crippen LogP contribution in [0.3, 0.4) is 0 Å². The van der Waals surface area contributed by atoms with Crippen molar-refractivity contribution in [2.75, 3.05) is 45.3 Å². The zero-order valence-electron chi connectivity index (χ0n) is 14.9. The summed E-state index contributed by atoms with van der Waals surface area (Å²) in [7, 11) is 3.00. The van der Waals surface area contributed by atoms with Crippen molar-refractivity contribution in [2.45, 2.75) is 6.54 Å². The van der Waals surface area contributed by atoms with Crippen LogP contribution in [0.15, 0.2) is 36.5 Å². The second-order valence-electron chi connectivity index (χ2n) is 6.04. The van der Waals surface area contributed by atoms with E-state index in [1.807, 2.05) is 18.2 Å². The molecule has 1 aromatic heterocycles. The van der Waals surface area contributed by atoms with Gasteiger partial charge in [0.2, 0.25) is 0 Å². The van der Waals surface area contributed by atoms with Gasteiger partial charge in [0.1, 0.15) is 5.82 Å². The van der Waals surface area contributed by atoms with Gasteiger partial charge in [0.25, 0.3) is 5.69 Å². The lowest BCUT2D eigenvalue weighted by Gasteiger charge is -2.35. The molecule has 138 valence electrons. The molecule has 0 amide bonds. The molecule has 1 fully saturated rings. The highest BCUT2D eigenvalue weighted by Gasteiger charge is 2.24. The van der Waals surface area contributed by atoms with E-state index in [1.54, 1.807) is 12.3 Å². The van der Waals surface area contributed by atoms with Gasteiger partial charge in [0.05, 0.1) is 25.2 Å². The molecular formula is C18H22N4O4. The highest BCUT2D eigenvalue weighted by molar-refractivity contribution is 5.54. The fourth-order valence-electron chi connectivity index (χ4n) is 3.12. The molecule has 8 heteroatoms. The zero-order chi connectivity index (χ0) is 18.5. The van der Waals surface area contributed by atoms with Gasteiger partial charge in [-0.05, 0) is 18.2 Å². The summed E-state index contributed by atoms with van der Waals surface area (Å²) in [6.07, 6.45) is 1.79. The number of ether oxygens (including phenoxy) is 2. The summed E-state index contributed by atoms with van der Waals surface area (Å²) in [5.41, 5.74) is 0.675. The van der Waals surface area contributed by atoms with E-state index in [1.165, 1.54) is 20.3 Å². The summed E-state index contributed by atoms with van der Waals surface area (Å²) in [5.74, 6) is 1.83. The highest BCUT2D eigenvalue weighted by Crippen LogP contribution is 2.35. The average molecular weight is 358 g/mol. The third-order valence-corrected chi connectivity index (χ3v) is 4.52. The van der Waals surface area contributed by atoms with Crippen LogP contribution in [-0.4, -0.2) is 55.2 Å².